The van der Waals surface area contributed by atoms with Crippen LogP contribution in [0.25, 0.3) is 55.3 Å². The van der Waals surface area contributed by atoms with Gasteiger partial charge >= 0.3 is 0 Å². The molecule has 0 atom stereocenters. The van der Waals surface area contributed by atoms with E-state index in [2.05, 4.69) is 195 Å². The fourth-order valence-electron chi connectivity index (χ4n) is 8.36. The van der Waals surface area contributed by atoms with Crippen LogP contribution in [0.15, 0.2) is 176 Å². The van der Waals surface area contributed by atoms with Crippen LogP contribution in [0.4, 0.5) is 17.1 Å². The first kappa shape index (κ1) is 29.5. The molecule has 2 nitrogen and oxygen atoms in total. The molecule has 0 saturated heterocycles. The summed E-state index contributed by atoms with van der Waals surface area (Å²) in [5.74, 6) is 1.79. The highest BCUT2D eigenvalue weighted by Crippen LogP contribution is 2.52. The van der Waals surface area contributed by atoms with Crippen molar-refractivity contribution in [2.45, 2.75) is 19.3 Å². The van der Waals surface area contributed by atoms with Crippen molar-refractivity contribution in [3.63, 3.8) is 0 Å². The first-order valence-corrected chi connectivity index (χ1v) is 17.7. The number of fused-ring (bicyclic) bond motifs is 5. The average Bonchev–Trinajstić information content (AvgIpc) is 3.41. The monoisotopic (exact) mass is 653 g/mol. The van der Waals surface area contributed by atoms with Gasteiger partial charge in [-0.3, -0.25) is 0 Å². The second-order valence-electron chi connectivity index (χ2n) is 14.1. The minimum atomic E-state index is -0.0258. The van der Waals surface area contributed by atoms with E-state index in [0.717, 1.165) is 45.3 Å². The molecule has 10 rings (SSSR count). The molecule has 51 heavy (non-hydrogen) atoms. The van der Waals surface area contributed by atoms with Gasteiger partial charge in [0.1, 0.15) is 11.5 Å². The van der Waals surface area contributed by atoms with Gasteiger partial charge in [0.2, 0.25) is 0 Å². The molecule has 242 valence electrons. The number of hydrogen-bond donors (Lipinski definition) is 0. The molecule has 8 aromatic rings. The Morgan fingerprint density at radius 2 is 1.04 bits per heavy atom. The lowest BCUT2D eigenvalue weighted by Crippen LogP contribution is -2.15. The molecule has 1 aliphatic carbocycles. The number of hydrogen-bond acceptors (Lipinski definition) is 2. The molecule has 1 heterocycles. The lowest BCUT2D eigenvalue weighted by atomic mass is 9.82. The highest BCUT2D eigenvalue weighted by Gasteiger charge is 2.35. The second-order valence-corrected chi connectivity index (χ2v) is 14.1. The Bertz CT molecular complexity index is 2620. The maximum absolute atomic E-state index is 6.65. The summed E-state index contributed by atoms with van der Waals surface area (Å²) in [6.07, 6.45) is 0. The van der Waals surface area contributed by atoms with Gasteiger partial charge in [0, 0.05) is 33.4 Å². The van der Waals surface area contributed by atoms with E-state index in [1.807, 2.05) is 0 Å². The Labute approximate surface area is 298 Å². The van der Waals surface area contributed by atoms with Crippen molar-refractivity contribution < 1.29 is 4.74 Å². The van der Waals surface area contributed by atoms with Crippen molar-refractivity contribution in [1.82, 2.24) is 0 Å². The Hall–Kier alpha value is -6.38. The van der Waals surface area contributed by atoms with Crippen LogP contribution in [0.1, 0.15) is 25.0 Å². The average molecular weight is 654 g/mol. The zero-order valence-electron chi connectivity index (χ0n) is 28.6. The summed E-state index contributed by atoms with van der Waals surface area (Å²) in [7, 11) is 0. The maximum atomic E-state index is 6.65. The van der Waals surface area contributed by atoms with Crippen molar-refractivity contribution in [3.05, 3.63) is 187 Å². The molecule has 0 saturated carbocycles. The minimum absolute atomic E-state index is 0.0258. The predicted octanol–water partition coefficient (Wildman–Crippen LogP) is 13.7. The lowest BCUT2D eigenvalue weighted by Gasteiger charge is -2.27. The summed E-state index contributed by atoms with van der Waals surface area (Å²) in [5.41, 5.74) is 15.8. The van der Waals surface area contributed by atoms with E-state index in [9.17, 15) is 0 Å². The maximum Gasteiger partial charge on any atom is 0.135 e. The third-order valence-corrected chi connectivity index (χ3v) is 10.9. The number of ether oxygens (including phenoxy) is 1. The van der Waals surface area contributed by atoms with Crippen LogP contribution >= 0.6 is 0 Å². The molecule has 0 aromatic heterocycles. The van der Waals surface area contributed by atoms with Gasteiger partial charge in [0.05, 0.1) is 0 Å². The van der Waals surface area contributed by atoms with Gasteiger partial charge in [-0.2, -0.15) is 0 Å². The Morgan fingerprint density at radius 3 is 1.86 bits per heavy atom. The summed E-state index contributed by atoms with van der Waals surface area (Å²) in [6, 6.07) is 63.5. The number of para-hydroxylation sites is 1. The minimum Gasteiger partial charge on any atom is -0.456 e. The summed E-state index contributed by atoms with van der Waals surface area (Å²) in [4.78, 5) is 2.36. The van der Waals surface area contributed by atoms with Crippen molar-refractivity contribution in [1.29, 1.82) is 0 Å². The van der Waals surface area contributed by atoms with Gasteiger partial charge in [-0.05, 0) is 110 Å². The van der Waals surface area contributed by atoms with Crippen LogP contribution in [0.3, 0.4) is 0 Å². The first-order valence-electron chi connectivity index (χ1n) is 17.7. The largest absolute Gasteiger partial charge is 0.456 e. The van der Waals surface area contributed by atoms with E-state index >= 15 is 0 Å². The topological polar surface area (TPSA) is 12.5 Å². The van der Waals surface area contributed by atoms with Crippen LogP contribution in [0.5, 0.6) is 11.5 Å². The highest BCUT2D eigenvalue weighted by atomic mass is 16.5. The second kappa shape index (κ2) is 11.3. The number of benzene rings is 8. The fraction of sp³-hybridized carbons (Fsp3) is 0.0612. The van der Waals surface area contributed by atoms with Gasteiger partial charge in [0.25, 0.3) is 0 Å². The molecule has 0 amide bonds. The molecule has 0 N–H and O–H groups in total. The van der Waals surface area contributed by atoms with Crippen LogP contribution in [0, 0.1) is 0 Å². The van der Waals surface area contributed by atoms with Crippen molar-refractivity contribution in [2.75, 3.05) is 4.90 Å². The Morgan fingerprint density at radius 1 is 0.392 bits per heavy atom. The zero-order valence-corrected chi connectivity index (χ0v) is 28.6. The van der Waals surface area contributed by atoms with E-state index < -0.39 is 0 Å². The summed E-state index contributed by atoms with van der Waals surface area (Å²) in [5, 5.41) is 2.38. The predicted molar refractivity (Wildman–Crippen MR) is 213 cm³/mol. The molecule has 8 aromatic carbocycles. The molecule has 0 radical (unpaired) electrons. The Balaban J connectivity index is 1.02. The van der Waals surface area contributed by atoms with Gasteiger partial charge in [-0.15, -0.1) is 0 Å². The molecule has 2 heteroatoms. The normalized spacial score (nSPS) is 13.2. The van der Waals surface area contributed by atoms with Crippen LogP contribution < -0.4 is 9.64 Å². The van der Waals surface area contributed by atoms with E-state index in [4.69, 9.17) is 4.74 Å². The van der Waals surface area contributed by atoms with Crippen LogP contribution in [-0.2, 0) is 5.41 Å². The lowest BCUT2D eigenvalue weighted by molar-refractivity contribution is 0.487. The van der Waals surface area contributed by atoms with E-state index in [1.165, 1.54) is 49.7 Å². The third-order valence-electron chi connectivity index (χ3n) is 10.9. The Kier molecular flexibility index (Phi) is 6.56. The molecule has 0 fully saturated rings. The molecule has 0 unspecified atom stereocenters. The molecule has 1 aliphatic heterocycles. The van der Waals surface area contributed by atoms with Gasteiger partial charge in [0.15, 0.2) is 0 Å². The number of rotatable bonds is 5. The fourth-order valence-corrected chi connectivity index (χ4v) is 8.36. The zero-order chi connectivity index (χ0) is 34.1. The third kappa shape index (κ3) is 4.64. The van der Waals surface area contributed by atoms with Crippen molar-refractivity contribution in [2.24, 2.45) is 0 Å². The molecular weight excluding hydrogens is 619 g/mol. The quantitative estimate of drug-likeness (QED) is 0.183. The summed E-state index contributed by atoms with van der Waals surface area (Å²) < 4.78 is 6.65. The van der Waals surface area contributed by atoms with Gasteiger partial charge in [-0.1, -0.05) is 135 Å². The molecule has 0 bridgehead atoms. The standard InChI is InChI=1S/C49H35NO/c1-49(2)44-19-10-9-16-39(44)43-31-37(25-28-45(43)49)50(35-14-7-4-8-15-35)36-23-20-32(21-24-36)34-22-26-40-42-18-11-17-41-38(33-12-5-3-6-13-33)27-29-46(48(41)42)51-47(40)30-34/h3-31H,1-2H3. The summed E-state index contributed by atoms with van der Waals surface area (Å²) >= 11 is 0. The first-order chi connectivity index (χ1) is 25.0. The van der Waals surface area contributed by atoms with Gasteiger partial charge in [-0.25, -0.2) is 0 Å². The number of nitrogens with zero attached hydrogens (tertiary/aromatic N) is 1. The number of anilines is 3. The highest BCUT2D eigenvalue weighted by molar-refractivity contribution is 6.10. The summed E-state index contributed by atoms with van der Waals surface area (Å²) in [6.45, 7) is 4.66. The SMILES string of the molecule is CC1(C)c2ccccc2-c2cc(N(c3ccccc3)c3ccc(-c4ccc5c(c4)Oc4ccc(-c6ccccc6)c6cccc-5c46)cc3)ccc21. The molecular formula is C49H35NO. The van der Waals surface area contributed by atoms with Gasteiger partial charge < -0.3 is 9.64 Å². The van der Waals surface area contributed by atoms with Crippen molar-refractivity contribution >= 4 is 27.8 Å². The molecule has 2 aliphatic rings. The van der Waals surface area contributed by atoms with Crippen molar-refractivity contribution in [3.8, 4) is 56.0 Å². The van der Waals surface area contributed by atoms with E-state index in [1.54, 1.807) is 0 Å². The van der Waals surface area contributed by atoms with E-state index in [0.29, 0.717) is 0 Å². The van der Waals surface area contributed by atoms with Crippen LogP contribution in [-0.4, -0.2) is 0 Å². The molecule has 0 spiro atoms. The van der Waals surface area contributed by atoms with E-state index in [-0.39, 0.29) is 5.41 Å². The smallest absolute Gasteiger partial charge is 0.135 e. The van der Waals surface area contributed by atoms with Crippen LogP contribution in [0.2, 0.25) is 0 Å².